The van der Waals surface area contributed by atoms with Crippen LogP contribution in [0.15, 0.2) is 36.7 Å². The molecule has 1 aromatic rings. The first-order valence-corrected chi connectivity index (χ1v) is 7.99. The van der Waals surface area contributed by atoms with Gasteiger partial charge in [0.05, 0.1) is 19.2 Å². The summed E-state index contributed by atoms with van der Waals surface area (Å²) >= 11 is 0. The van der Waals surface area contributed by atoms with Crippen LogP contribution >= 0.6 is 0 Å². The lowest BCUT2D eigenvalue weighted by molar-refractivity contribution is -0.134. The molecule has 0 aliphatic carbocycles. The molecule has 130 valence electrons. The maximum Gasteiger partial charge on any atom is 0.411 e. The Bertz CT molecular complexity index is 607. The summed E-state index contributed by atoms with van der Waals surface area (Å²) in [5.41, 5.74) is 0.368. The summed E-state index contributed by atoms with van der Waals surface area (Å²) in [5, 5.41) is 0. The van der Waals surface area contributed by atoms with Crippen LogP contribution in [0.3, 0.4) is 0 Å². The average Bonchev–Trinajstić information content (AvgIpc) is 2.95. The fraction of sp³-hybridized carbons (Fsp3) is 0.500. The van der Waals surface area contributed by atoms with Gasteiger partial charge in [-0.1, -0.05) is 12.1 Å². The van der Waals surface area contributed by atoms with Crippen LogP contribution in [0.1, 0.15) is 45.2 Å². The van der Waals surface area contributed by atoms with Crippen LogP contribution in [0.4, 0.5) is 4.79 Å². The molecule has 0 N–H and O–H groups in total. The van der Waals surface area contributed by atoms with Gasteiger partial charge in [-0.2, -0.15) is 0 Å². The van der Waals surface area contributed by atoms with Gasteiger partial charge in [-0.25, -0.2) is 9.59 Å². The van der Waals surface area contributed by atoms with Gasteiger partial charge in [-0.3, -0.25) is 9.88 Å². The van der Waals surface area contributed by atoms with Crippen molar-refractivity contribution in [1.29, 1.82) is 0 Å². The van der Waals surface area contributed by atoms with Gasteiger partial charge in [0.1, 0.15) is 5.60 Å². The minimum absolute atomic E-state index is 0.124. The molecule has 2 rings (SSSR count). The van der Waals surface area contributed by atoms with Crippen molar-refractivity contribution in [3.8, 4) is 0 Å². The van der Waals surface area contributed by atoms with Crippen LogP contribution < -0.4 is 0 Å². The van der Waals surface area contributed by atoms with Gasteiger partial charge in [-0.05, 0) is 45.2 Å². The Kier molecular flexibility index (Phi) is 5.59. The zero-order valence-electron chi connectivity index (χ0n) is 14.6. The maximum absolute atomic E-state index is 12.7. The van der Waals surface area contributed by atoms with E-state index in [1.807, 2.05) is 32.9 Å². The lowest BCUT2D eigenvalue weighted by Crippen LogP contribution is -2.40. The molecule has 1 aliphatic heterocycles. The number of rotatable bonds is 3. The third kappa shape index (κ3) is 4.57. The molecule has 0 bridgehead atoms. The highest BCUT2D eigenvalue weighted by Crippen LogP contribution is 2.37. The van der Waals surface area contributed by atoms with Crippen LogP contribution in [0, 0.1) is 0 Å². The summed E-state index contributed by atoms with van der Waals surface area (Å²) in [6, 6.07) is 3.45. The summed E-state index contributed by atoms with van der Waals surface area (Å²) in [7, 11) is 1.32. The zero-order valence-corrected chi connectivity index (χ0v) is 14.6. The van der Waals surface area contributed by atoms with Gasteiger partial charge >= 0.3 is 12.1 Å². The summed E-state index contributed by atoms with van der Waals surface area (Å²) in [4.78, 5) is 29.9. The smallest absolute Gasteiger partial charge is 0.411 e. The van der Waals surface area contributed by atoms with Crippen LogP contribution in [0.25, 0.3) is 0 Å². The average molecular weight is 332 g/mol. The molecule has 0 unspecified atom stereocenters. The molecule has 0 saturated carbocycles. The lowest BCUT2D eigenvalue weighted by Gasteiger charge is -2.31. The Morgan fingerprint density at radius 3 is 2.67 bits per heavy atom. The second-order valence-corrected chi connectivity index (χ2v) is 6.72. The number of ether oxygens (including phenoxy) is 2. The molecule has 6 heteroatoms. The molecular formula is C18H24N2O4. The van der Waals surface area contributed by atoms with Gasteiger partial charge in [0, 0.05) is 18.5 Å². The van der Waals surface area contributed by atoms with Crippen molar-refractivity contribution in [2.24, 2.45) is 0 Å². The number of carbonyl (C=O) groups is 2. The van der Waals surface area contributed by atoms with Gasteiger partial charge in [0.15, 0.2) is 0 Å². The van der Waals surface area contributed by atoms with Gasteiger partial charge in [-0.15, -0.1) is 0 Å². The second kappa shape index (κ2) is 7.47. The van der Waals surface area contributed by atoms with E-state index in [4.69, 9.17) is 4.74 Å². The number of esters is 1. The number of methoxy groups -OCH3 is 1. The van der Waals surface area contributed by atoms with Crippen molar-refractivity contribution in [2.45, 2.75) is 51.3 Å². The zero-order chi connectivity index (χ0) is 17.7. The number of nitrogens with zero attached hydrogens (tertiary/aromatic N) is 2. The highest BCUT2D eigenvalue weighted by atomic mass is 16.6. The van der Waals surface area contributed by atoms with Crippen LogP contribution in [0.5, 0.6) is 0 Å². The highest BCUT2D eigenvalue weighted by molar-refractivity contribution is 5.82. The van der Waals surface area contributed by atoms with E-state index in [9.17, 15) is 9.59 Å². The summed E-state index contributed by atoms with van der Waals surface area (Å²) in [6.45, 7) is 5.50. The molecule has 2 heterocycles. The highest BCUT2D eigenvalue weighted by Gasteiger charge is 2.39. The monoisotopic (exact) mass is 332 g/mol. The standard InChI is InChI=1S/C18H24N2O4/c1-18(2,3)24-17(22)20-14(8-10-16(21)23-4)7-9-15(20)13-6-5-11-19-12-13/h5-6,8,10-12,14-15H,7,9H2,1-4H3/b10-8+/t14-,15+/m1/s1. The van der Waals surface area contributed by atoms with E-state index in [1.54, 1.807) is 23.4 Å². The number of amides is 1. The minimum atomic E-state index is -0.588. The van der Waals surface area contributed by atoms with Crippen molar-refractivity contribution in [3.05, 3.63) is 42.2 Å². The predicted octanol–water partition coefficient (Wildman–Crippen LogP) is 3.25. The normalized spacial score (nSPS) is 21.1. The van der Waals surface area contributed by atoms with Crippen molar-refractivity contribution >= 4 is 12.1 Å². The Balaban J connectivity index is 2.27. The van der Waals surface area contributed by atoms with Crippen LogP contribution in [0.2, 0.25) is 0 Å². The largest absolute Gasteiger partial charge is 0.466 e. The Morgan fingerprint density at radius 2 is 2.08 bits per heavy atom. The molecule has 1 amide bonds. The minimum Gasteiger partial charge on any atom is -0.466 e. The number of aromatic nitrogens is 1. The number of likely N-dealkylation sites (tertiary alicyclic amines) is 1. The number of hydrogen-bond acceptors (Lipinski definition) is 5. The fourth-order valence-electron chi connectivity index (χ4n) is 2.76. The first-order valence-electron chi connectivity index (χ1n) is 7.99. The summed E-state index contributed by atoms with van der Waals surface area (Å²) in [6.07, 6.45) is 7.64. The van der Waals surface area contributed by atoms with E-state index in [-0.39, 0.29) is 12.1 Å². The second-order valence-electron chi connectivity index (χ2n) is 6.72. The van der Waals surface area contributed by atoms with E-state index in [0.717, 1.165) is 18.4 Å². The molecule has 0 aromatic carbocycles. The third-order valence-electron chi connectivity index (χ3n) is 3.76. The molecular weight excluding hydrogens is 308 g/mol. The molecule has 24 heavy (non-hydrogen) atoms. The SMILES string of the molecule is COC(=O)/C=C/[C@H]1CC[C@@H](c2cccnc2)N1C(=O)OC(C)(C)C. The number of hydrogen-bond donors (Lipinski definition) is 0. The summed E-state index contributed by atoms with van der Waals surface area (Å²) in [5.74, 6) is -0.441. The maximum atomic E-state index is 12.7. The third-order valence-corrected chi connectivity index (χ3v) is 3.76. The van der Waals surface area contributed by atoms with E-state index in [2.05, 4.69) is 9.72 Å². The molecule has 6 nitrogen and oxygen atoms in total. The topological polar surface area (TPSA) is 68.7 Å². The van der Waals surface area contributed by atoms with Gasteiger partial charge < -0.3 is 9.47 Å². The van der Waals surface area contributed by atoms with Crippen LogP contribution in [-0.4, -0.2) is 40.7 Å². The number of pyridine rings is 1. The van der Waals surface area contributed by atoms with Gasteiger partial charge in [0.25, 0.3) is 0 Å². The van der Waals surface area contributed by atoms with E-state index in [0.29, 0.717) is 0 Å². The van der Waals surface area contributed by atoms with Crippen molar-refractivity contribution < 1.29 is 19.1 Å². The van der Waals surface area contributed by atoms with E-state index in [1.165, 1.54) is 13.2 Å². The number of carbonyl (C=O) groups excluding carboxylic acids is 2. The van der Waals surface area contributed by atoms with E-state index < -0.39 is 17.7 Å². The fourth-order valence-corrected chi connectivity index (χ4v) is 2.76. The lowest BCUT2D eigenvalue weighted by atomic mass is 10.1. The van der Waals surface area contributed by atoms with Crippen molar-refractivity contribution in [1.82, 2.24) is 9.88 Å². The van der Waals surface area contributed by atoms with Crippen LogP contribution in [-0.2, 0) is 14.3 Å². The van der Waals surface area contributed by atoms with Crippen molar-refractivity contribution in [3.63, 3.8) is 0 Å². The molecule has 2 atom stereocenters. The molecule has 0 radical (unpaired) electrons. The Morgan fingerprint density at radius 1 is 1.33 bits per heavy atom. The molecule has 1 aliphatic rings. The molecule has 1 aromatic heterocycles. The van der Waals surface area contributed by atoms with E-state index >= 15 is 0 Å². The predicted molar refractivity (Wildman–Crippen MR) is 89.2 cm³/mol. The van der Waals surface area contributed by atoms with Gasteiger partial charge in [0.2, 0.25) is 0 Å². The quantitative estimate of drug-likeness (QED) is 0.628. The molecule has 1 fully saturated rings. The molecule has 1 saturated heterocycles. The summed E-state index contributed by atoms with van der Waals surface area (Å²) < 4.78 is 10.2. The van der Waals surface area contributed by atoms with Crippen molar-refractivity contribution in [2.75, 3.05) is 7.11 Å². The first kappa shape index (κ1) is 18.0. The Labute approximate surface area is 142 Å². The Hall–Kier alpha value is -2.37. The molecule has 0 spiro atoms. The first-order chi connectivity index (χ1) is 11.3.